The quantitative estimate of drug-likeness (QED) is 0.682. The summed E-state index contributed by atoms with van der Waals surface area (Å²) in [6, 6.07) is 19.6. The molecule has 134 valence electrons. The van der Waals surface area contributed by atoms with Crippen LogP contribution in [0.1, 0.15) is 29.3 Å². The molecule has 0 N–H and O–H groups in total. The lowest BCUT2D eigenvalue weighted by molar-refractivity contribution is 0.220. The van der Waals surface area contributed by atoms with Gasteiger partial charge in [0.25, 0.3) is 0 Å². The maximum absolute atomic E-state index is 13.3. The number of rotatable bonds is 4. The third-order valence-corrected chi connectivity index (χ3v) is 5.06. The summed E-state index contributed by atoms with van der Waals surface area (Å²) in [5.74, 6) is 0.675. The summed E-state index contributed by atoms with van der Waals surface area (Å²) < 4.78 is 21.1. The van der Waals surface area contributed by atoms with Crippen LogP contribution in [0.15, 0.2) is 66.9 Å². The minimum atomic E-state index is -0.192. The SMILES string of the molecule is COc1cccc([C@@H]2c3cccn3CCCN2Cc2ccc(F)cc2)c1. The molecular formula is C22H23FN2O. The van der Waals surface area contributed by atoms with E-state index in [4.69, 9.17) is 4.74 Å². The van der Waals surface area contributed by atoms with Gasteiger partial charge in [-0.15, -0.1) is 0 Å². The van der Waals surface area contributed by atoms with E-state index in [0.717, 1.165) is 37.4 Å². The Hall–Kier alpha value is -2.59. The molecule has 0 saturated carbocycles. The molecule has 0 spiro atoms. The summed E-state index contributed by atoms with van der Waals surface area (Å²) in [5.41, 5.74) is 3.63. The van der Waals surface area contributed by atoms with E-state index < -0.39 is 0 Å². The highest BCUT2D eigenvalue weighted by molar-refractivity contribution is 5.36. The van der Waals surface area contributed by atoms with Crippen molar-refractivity contribution < 1.29 is 9.13 Å². The van der Waals surface area contributed by atoms with Crippen LogP contribution in [-0.4, -0.2) is 23.1 Å². The lowest BCUT2D eigenvalue weighted by Crippen LogP contribution is -2.29. The molecule has 0 radical (unpaired) electrons. The van der Waals surface area contributed by atoms with Crippen molar-refractivity contribution in [1.29, 1.82) is 0 Å². The summed E-state index contributed by atoms with van der Waals surface area (Å²) in [5, 5.41) is 0. The van der Waals surface area contributed by atoms with Crippen molar-refractivity contribution in [1.82, 2.24) is 9.47 Å². The number of hydrogen-bond donors (Lipinski definition) is 0. The molecule has 1 atom stereocenters. The molecule has 0 aliphatic carbocycles. The average molecular weight is 350 g/mol. The second kappa shape index (κ2) is 7.34. The van der Waals surface area contributed by atoms with E-state index in [1.165, 1.54) is 23.4 Å². The van der Waals surface area contributed by atoms with Crippen LogP contribution in [0.5, 0.6) is 5.75 Å². The normalized spacial score (nSPS) is 17.5. The van der Waals surface area contributed by atoms with Crippen LogP contribution in [0.2, 0.25) is 0 Å². The summed E-state index contributed by atoms with van der Waals surface area (Å²) in [4.78, 5) is 2.47. The lowest BCUT2D eigenvalue weighted by Gasteiger charge is -2.31. The summed E-state index contributed by atoms with van der Waals surface area (Å²) in [7, 11) is 1.70. The van der Waals surface area contributed by atoms with Crippen molar-refractivity contribution >= 4 is 0 Å². The first-order valence-corrected chi connectivity index (χ1v) is 9.02. The number of nitrogens with zero attached hydrogens (tertiary/aromatic N) is 2. The predicted molar refractivity (Wildman–Crippen MR) is 101 cm³/mol. The number of aryl methyl sites for hydroxylation is 1. The van der Waals surface area contributed by atoms with E-state index in [1.807, 2.05) is 24.3 Å². The highest BCUT2D eigenvalue weighted by atomic mass is 19.1. The fourth-order valence-corrected chi connectivity index (χ4v) is 3.83. The standard InChI is InChI=1S/C22H23FN2O/c1-26-20-6-2-5-18(15-20)22-21-7-3-12-24(21)13-4-14-25(22)16-17-8-10-19(23)11-9-17/h2-3,5-12,15,22H,4,13-14,16H2,1H3/t22-/m1/s1. The Labute approximate surface area is 153 Å². The topological polar surface area (TPSA) is 17.4 Å². The van der Waals surface area contributed by atoms with Gasteiger partial charge in [0, 0.05) is 31.5 Å². The van der Waals surface area contributed by atoms with E-state index in [9.17, 15) is 4.39 Å². The lowest BCUT2D eigenvalue weighted by atomic mass is 10.0. The van der Waals surface area contributed by atoms with Crippen LogP contribution in [0.4, 0.5) is 4.39 Å². The summed E-state index contributed by atoms with van der Waals surface area (Å²) in [6.07, 6.45) is 3.24. The first kappa shape index (κ1) is 16.9. The second-order valence-corrected chi connectivity index (χ2v) is 6.76. The number of hydrogen-bond acceptors (Lipinski definition) is 2. The molecule has 0 fully saturated rings. The Kier molecular flexibility index (Phi) is 4.76. The van der Waals surface area contributed by atoms with Crippen LogP contribution >= 0.6 is 0 Å². The fourth-order valence-electron chi connectivity index (χ4n) is 3.83. The van der Waals surface area contributed by atoms with Crippen LogP contribution in [0.25, 0.3) is 0 Å². The third kappa shape index (κ3) is 3.37. The smallest absolute Gasteiger partial charge is 0.123 e. The van der Waals surface area contributed by atoms with Crippen LogP contribution in [0, 0.1) is 5.82 Å². The first-order valence-electron chi connectivity index (χ1n) is 9.02. The fraction of sp³-hybridized carbons (Fsp3) is 0.273. The molecule has 2 heterocycles. The van der Waals surface area contributed by atoms with Gasteiger partial charge in [-0.1, -0.05) is 24.3 Å². The maximum Gasteiger partial charge on any atom is 0.123 e. The molecule has 26 heavy (non-hydrogen) atoms. The molecule has 1 aliphatic rings. The van der Waals surface area contributed by atoms with Crippen molar-refractivity contribution in [2.45, 2.75) is 25.6 Å². The Morgan fingerprint density at radius 3 is 2.69 bits per heavy atom. The predicted octanol–water partition coefficient (Wildman–Crippen LogP) is 4.63. The molecule has 0 unspecified atom stereocenters. The van der Waals surface area contributed by atoms with Gasteiger partial charge in [0.1, 0.15) is 11.6 Å². The minimum absolute atomic E-state index is 0.146. The Bertz CT molecular complexity index is 872. The molecule has 3 aromatic rings. The van der Waals surface area contributed by atoms with Gasteiger partial charge in [0.2, 0.25) is 0 Å². The zero-order valence-electron chi connectivity index (χ0n) is 14.9. The van der Waals surface area contributed by atoms with E-state index in [1.54, 1.807) is 7.11 Å². The van der Waals surface area contributed by atoms with E-state index in [0.29, 0.717) is 0 Å². The highest BCUT2D eigenvalue weighted by Crippen LogP contribution is 2.34. The number of ether oxygens (including phenoxy) is 1. The number of fused-ring (bicyclic) bond motifs is 1. The number of methoxy groups -OCH3 is 1. The van der Waals surface area contributed by atoms with Crippen molar-refractivity contribution in [3.8, 4) is 5.75 Å². The van der Waals surface area contributed by atoms with Crippen molar-refractivity contribution in [3.63, 3.8) is 0 Å². The van der Waals surface area contributed by atoms with Crippen LogP contribution < -0.4 is 4.74 Å². The van der Waals surface area contributed by atoms with Crippen LogP contribution in [0.3, 0.4) is 0 Å². The van der Waals surface area contributed by atoms with E-state index in [2.05, 4.69) is 39.9 Å². The number of halogens is 1. The monoisotopic (exact) mass is 350 g/mol. The van der Waals surface area contributed by atoms with Gasteiger partial charge in [-0.2, -0.15) is 0 Å². The van der Waals surface area contributed by atoms with Gasteiger partial charge in [0.05, 0.1) is 13.2 Å². The van der Waals surface area contributed by atoms with Gasteiger partial charge >= 0.3 is 0 Å². The van der Waals surface area contributed by atoms with E-state index >= 15 is 0 Å². The number of benzene rings is 2. The molecule has 3 nitrogen and oxygen atoms in total. The van der Waals surface area contributed by atoms with Gasteiger partial charge in [0.15, 0.2) is 0 Å². The molecule has 4 heteroatoms. The molecular weight excluding hydrogens is 327 g/mol. The minimum Gasteiger partial charge on any atom is -0.497 e. The molecule has 1 aromatic heterocycles. The van der Waals surface area contributed by atoms with E-state index in [-0.39, 0.29) is 11.9 Å². The van der Waals surface area contributed by atoms with Gasteiger partial charge in [-0.25, -0.2) is 4.39 Å². The van der Waals surface area contributed by atoms with Crippen molar-refractivity contribution in [3.05, 3.63) is 89.5 Å². The summed E-state index contributed by atoms with van der Waals surface area (Å²) >= 11 is 0. The Morgan fingerprint density at radius 2 is 1.88 bits per heavy atom. The molecule has 0 amide bonds. The first-order chi connectivity index (χ1) is 12.7. The highest BCUT2D eigenvalue weighted by Gasteiger charge is 2.27. The average Bonchev–Trinajstić information content (AvgIpc) is 3.05. The molecule has 1 aliphatic heterocycles. The van der Waals surface area contributed by atoms with Gasteiger partial charge < -0.3 is 9.30 Å². The zero-order valence-corrected chi connectivity index (χ0v) is 14.9. The number of aromatic nitrogens is 1. The van der Waals surface area contributed by atoms with Crippen molar-refractivity contribution in [2.75, 3.05) is 13.7 Å². The van der Waals surface area contributed by atoms with Gasteiger partial charge in [-0.3, -0.25) is 4.90 Å². The second-order valence-electron chi connectivity index (χ2n) is 6.76. The van der Waals surface area contributed by atoms with Crippen LogP contribution in [-0.2, 0) is 13.1 Å². The Balaban J connectivity index is 1.73. The van der Waals surface area contributed by atoms with Gasteiger partial charge in [-0.05, 0) is 53.9 Å². The molecule has 2 aromatic carbocycles. The summed E-state index contributed by atoms with van der Waals surface area (Å²) in [6.45, 7) is 2.79. The molecule has 0 saturated heterocycles. The Morgan fingerprint density at radius 1 is 1.04 bits per heavy atom. The third-order valence-electron chi connectivity index (χ3n) is 5.06. The maximum atomic E-state index is 13.3. The largest absolute Gasteiger partial charge is 0.497 e. The molecule has 4 rings (SSSR count). The molecule has 0 bridgehead atoms. The zero-order chi connectivity index (χ0) is 17.9. The van der Waals surface area contributed by atoms with Crippen molar-refractivity contribution in [2.24, 2.45) is 0 Å².